The third kappa shape index (κ3) is 3.87. The van der Waals surface area contributed by atoms with Gasteiger partial charge in [0.25, 0.3) is 5.56 Å². The number of carbonyl (C=O) groups is 1. The van der Waals surface area contributed by atoms with Crippen LogP contribution in [0.4, 0.5) is 5.69 Å². The van der Waals surface area contributed by atoms with E-state index in [1.807, 2.05) is 17.9 Å². The first-order valence-corrected chi connectivity index (χ1v) is 9.51. The molecule has 2 N–H and O–H groups in total. The second kappa shape index (κ2) is 7.63. The standard InChI is InChI=1S/C20H24N4O4/c1-13-18(9-21-22-20(13)27)24-10-14-2-3-17(8-15(14)11-24)28-16-4-6-23(7-5-16)12-19(25)26/h2-3,8-9,16H,4-7,10-12H2,1H3,(H,22,27)(H,25,26). The normalized spacial score (nSPS) is 17.5. The maximum Gasteiger partial charge on any atom is 0.317 e. The maximum absolute atomic E-state index is 11.8. The minimum Gasteiger partial charge on any atom is -0.490 e. The van der Waals surface area contributed by atoms with Gasteiger partial charge in [0.05, 0.1) is 18.4 Å². The Hall–Kier alpha value is -2.87. The van der Waals surface area contributed by atoms with E-state index in [9.17, 15) is 9.59 Å². The van der Waals surface area contributed by atoms with E-state index in [2.05, 4.69) is 27.2 Å². The smallest absolute Gasteiger partial charge is 0.317 e. The molecule has 28 heavy (non-hydrogen) atoms. The SMILES string of the molecule is Cc1c(N2Cc3ccc(OC4CCN(CC(=O)O)CC4)cc3C2)cn[nH]c1=O. The summed E-state index contributed by atoms with van der Waals surface area (Å²) in [5.74, 6) is 0.0615. The van der Waals surface area contributed by atoms with Gasteiger partial charge in [-0.3, -0.25) is 14.5 Å². The fourth-order valence-electron chi connectivity index (χ4n) is 3.95. The molecule has 8 heteroatoms. The number of carboxylic acids is 1. The van der Waals surface area contributed by atoms with Crippen LogP contribution in [0.2, 0.25) is 0 Å². The van der Waals surface area contributed by atoms with E-state index >= 15 is 0 Å². The van der Waals surface area contributed by atoms with Crippen molar-refractivity contribution in [2.45, 2.75) is 39.0 Å². The fraction of sp³-hybridized carbons (Fsp3) is 0.450. The molecule has 0 spiro atoms. The van der Waals surface area contributed by atoms with E-state index in [1.165, 1.54) is 11.1 Å². The Morgan fingerprint density at radius 2 is 2.04 bits per heavy atom. The number of aromatic nitrogens is 2. The summed E-state index contributed by atoms with van der Waals surface area (Å²) in [4.78, 5) is 26.7. The Bertz CT molecular complexity index is 934. The molecule has 2 aliphatic rings. The molecule has 0 aliphatic carbocycles. The van der Waals surface area contributed by atoms with Gasteiger partial charge in [-0.15, -0.1) is 0 Å². The van der Waals surface area contributed by atoms with Gasteiger partial charge in [0.15, 0.2) is 0 Å². The summed E-state index contributed by atoms with van der Waals surface area (Å²) >= 11 is 0. The summed E-state index contributed by atoms with van der Waals surface area (Å²) in [6.45, 7) is 4.85. The zero-order valence-electron chi connectivity index (χ0n) is 15.9. The number of benzene rings is 1. The zero-order chi connectivity index (χ0) is 19.7. The van der Waals surface area contributed by atoms with E-state index in [1.54, 1.807) is 6.20 Å². The number of rotatable bonds is 5. The molecule has 0 bridgehead atoms. The number of hydrogen-bond donors (Lipinski definition) is 2. The van der Waals surface area contributed by atoms with E-state index < -0.39 is 5.97 Å². The van der Waals surface area contributed by atoms with Crippen molar-refractivity contribution >= 4 is 11.7 Å². The number of hydrogen-bond acceptors (Lipinski definition) is 6. The van der Waals surface area contributed by atoms with Crippen LogP contribution in [-0.2, 0) is 17.9 Å². The van der Waals surface area contributed by atoms with Crippen LogP contribution < -0.4 is 15.2 Å². The number of ether oxygens (including phenoxy) is 1. The van der Waals surface area contributed by atoms with Gasteiger partial charge >= 0.3 is 5.97 Å². The monoisotopic (exact) mass is 384 g/mol. The van der Waals surface area contributed by atoms with E-state index in [0.29, 0.717) is 5.56 Å². The minimum absolute atomic E-state index is 0.0952. The van der Waals surface area contributed by atoms with Crippen molar-refractivity contribution in [2.24, 2.45) is 0 Å². The number of aromatic amines is 1. The summed E-state index contributed by atoms with van der Waals surface area (Å²) in [5.41, 5.74) is 3.79. The Labute approximate surface area is 162 Å². The van der Waals surface area contributed by atoms with Crippen LogP contribution in [0.15, 0.2) is 29.2 Å². The largest absolute Gasteiger partial charge is 0.490 e. The predicted octanol–water partition coefficient (Wildman–Crippen LogP) is 1.53. The molecule has 0 amide bonds. The highest BCUT2D eigenvalue weighted by molar-refractivity contribution is 5.69. The Morgan fingerprint density at radius 1 is 1.29 bits per heavy atom. The molecule has 2 aliphatic heterocycles. The number of fused-ring (bicyclic) bond motifs is 1. The lowest BCUT2D eigenvalue weighted by Gasteiger charge is -2.31. The van der Waals surface area contributed by atoms with Crippen LogP contribution in [0.3, 0.4) is 0 Å². The van der Waals surface area contributed by atoms with Crippen molar-refractivity contribution in [3.05, 3.63) is 51.4 Å². The van der Waals surface area contributed by atoms with E-state index in [-0.39, 0.29) is 18.2 Å². The van der Waals surface area contributed by atoms with Gasteiger partial charge in [-0.05, 0) is 43.0 Å². The number of nitrogens with one attached hydrogen (secondary N) is 1. The summed E-state index contributed by atoms with van der Waals surface area (Å²) in [6, 6.07) is 6.16. The topological polar surface area (TPSA) is 98.8 Å². The van der Waals surface area contributed by atoms with Crippen LogP contribution in [0, 0.1) is 6.92 Å². The summed E-state index contributed by atoms with van der Waals surface area (Å²) in [7, 11) is 0. The van der Waals surface area contributed by atoms with Gasteiger partial charge in [-0.2, -0.15) is 5.10 Å². The molecule has 0 unspecified atom stereocenters. The van der Waals surface area contributed by atoms with Crippen LogP contribution in [-0.4, -0.2) is 51.9 Å². The third-order valence-electron chi connectivity index (χ3n) is 5.51. The van der Waals surface area contributed by atoms with E-state index in [0.717, 1.165) is 50.5 Å². The number of likely N-dealkylation sites (tertiary alicyclic amines) is 1. The second-order valence-electron chi connectivity index (χ2n) is 7.48. The first-order chi connectivity index (χ1) is 13.5. The summed E-state index contributed by atoms with van der Waals surface area (Å²) in [5, 5.41) is 15.3. The Morgan fingerprint density at radius 3 is 2.79 bits per heavy atom. The fourth-order valence-corrected chi connectivity index (χ4v) is 3.95. The lowest BCUT2D eigenvalue weighted by atomic mass is 10.1. The van der Waals surface area contributed by atoms with Crippen molar-refractivity contribution in [3.8, 4) is 5.75 Å². The Balaban J connectivity index is 1.40. The molecule has 0 saturated carbocycles. The number of nitrogens with zero attached hydrogens (tertiary/aromatic N) is 3. The van der Waals surface area contributed by atoms with Crippen LogP contribution in [0.5, 0.6) is 5.75 Å². The van der Waals surface area contributed by atoms with Crippen molar-refractivity contribution in [1.82, 2.24) is 15.1 Å². The molecule has 1 fully saturated rings. The first-order valence-electron chi connectivity index (χ1n) is 9.51. The van der Waals surface area contributed by atoms with Crippen LogP contribution >= 0.6 is 0 Å². The number of anilines is 1. The third-order valence-corrected chi connectivity index (χ3v) is 5.51. The maximum atomic E-state index is 11.8. The molecule has 148 valence electrons. The van der Waals surface area contributed by atoms with Crippen molar-refractivity contribution in [1.29, 1.82) is 0 Å². The highest BCUT2D eigenvalue weighted by Crippen LogP contribution is 2.31. The summed E-state index contributed by atoms with van der Waals surface area (Å²) < 4.78 is 6.16. The zero-order valence-corrected chi connectivity index (χ0v) is 15.9. The van der Waals surface area contributed by atoms with Crippen LogP contribution in [0.1, 0.15) is 29.5 Å². The molecular weight excluding hydrogens is 360 g/mol. The van der Waals surface area contributed by atoms with Crippen molar-refractivity contribution in [3.63, 3.8) is 0 Å². The van der Waals surface area contributed by atoms with Gasteiger partial charge in [-0.25, -0.2) is 5.10 Å². The lowest BCUT2D eigenvalue weighted by Crippen LogP contribution is -2.40. The second-order valence-corrected chi connectivity index (χ2v) is 7.48. The highest BCUT2D eigenvalue weighted by atomic mass is 16.5. The first kappa shape index (κ1) is 18.5. The molecule has 8 nitrogen and oxygen atoms in total. The highest BCUT2D eigenvalue weighted by Gasteiger charge is 2.24. The van der Waals surface area contributed by atoms with Crippen molar-refractivity contribution < 1.29 is 14.6 Å². The van der Waals surface area contributed by atoms with Gasteiger partial charge < -0.3 is 14.7 Å². The summed E-state index contributed by atoms with van der Waals surface area (Å²) in [6.07, 6.45) is 3.47. The quantitative estimate of drug-likeness (QED) is 0.806. The molecule has 3 heterocycles. The predicted molar refractivity (Wildman–Crippen MR) is 104 cm³/mol. The molecule has 2 aromatic rings. The molecular formula is C20H24N4O4. The molecule has 0 radical (unpaired) electrons. The van der Waals surface area contributed by atoms with E-state index in [4.69, 9.17) is 9.84 Å². The van der Waals surface area contributed by atoms with Gasteiger partial charge in [-0.1, -0.05) is 6.07 Å². The number of H-pyrrole nitrogens is 1. The van der Waals surface area contributed by atoms with Crippen molar-refractivity contribution in [2.75, 3.05) is 24.5 Å². The molecule has 0 atom stereocenters. The number of carboxylic acid groups (broad SMARTS) is 1. The Kier molecular flexibility index (Phi) is 5.04. The molecule has 1 saturated heterocycles. The number of piperidine rings is 1. The molecule has 4 rings (SSSR count). The lowest BCUT2D eigenvalue weighted by molar-refractivity contribution is -0.138. The van der Waals surface area contributed by atoms with Gasteiger partial charge in [0, 0.05) is 31.7 Å². The average molecular weight is 384 g/mol. The molecule has 1 aromatic carbocycles. The van der Waals surface area contributed by atoms with Gasteiger partial charge in [0.2, 0.25) is 0 Å². The van der Waals surface area contributed by atoms with Gasteiger partial charge in [0.1, 0.15) is 11.9 Å². The van der Waals surface area contributed by atoms with Crippen LogP contribution in [0.25, 0.3) is 0 Å². The molecule has 1 aromatic heterocycles. The number of aliphatic carboxylic acids is 1. The minimum atomic E-state index is -0.784. The average Bonchev–Trinajstić information content (AvgIpc) is 3.08.